The molecule has 0 aromatic heterocycles. The lowest BCUT2D eigenvalue weighted by Crippen LogP contribution is -2.54. The van der Waals surface area contributed by atoms with Gasteiger partial charge in [-0.25, -0.2) is 0 Å². The van der Waals surface area contributed by atoms with Gasteiger partial charge in [0, 0.05) is 22.7 Å². The predicted molar refractivity (Wildman–Crippen MR) is 102 cm³/mol. The Morgan fingerprint density at radius 1 is 1.35 bits per heavy atom. The summed E-state index contributed by atoms with van der Waals surface area (Å²) in [6, 6.07) is 17.3. The SMILES string of the molecule is CCC12CCC(CC(C(C#N)C(=O)O)C1)N2c1cccc2ccccc12. The maximum Gasteiger partial charge on any atom is 0.321 e. The van der Waals surface area contributed by atoms with Crippen molar-refractivity contribution >= 4 is 22.4 Å². The Kier molecular flexibility index (Phi) is 4.11. The van der Waals surface area contributed by atoms with Crippen molar-refractivity contribution < 1.29 is 9.90 Å². The van der Waals surface area contributed by atoms with Gasteiger partial charge in [0.2, 0.25) is 0 Å². The number of anilines is 1. The molecule has 2 aliphatic rings. The molecule has 134 valence electrons. The van der Waals surface area contributed by atoms with Crippen LogP contribution in [0, 0.1) is 23.2 Å². The Bertz CT molecular complexity index is 882. The Morgan fingerprint density at radius 2 is 2.12 bits per heavy atom. The van der Waals surface area contributed by atoms with Crippen molar-refractivity contribution in [2.24, 2.45) is 11.8 Å². The minimum Gasteiger partial charge on any atom is -0.480 e. The first kappa shape index (κ1) is 16.9. The number of hydrogen-bond acceptors (Lipinski definition) is 3. The highest BCUT2D eigenvalue weighted by Gasteiger charge is 2.53. The summed E-state index contributed by atoms with van der Waals surface area (Å²) in [4.78, 5) is 14.1. The normalized spacial score (nSPS) is 28.7. The molecule has 0 amide bonds. The zero-order chi connectivity index (χ0) is 18.3. The third kappa shape index (κ3) is 2.46. The standard InChI is InChI=1S/C22H24N2O2/c1-2-22-11-10-17(12-16(13-22)19(14-23)21(25)26)24(22)20-9-5-7-15-6-3-4-8-18(15)20/h3-9,16-17,19H,2,10-13H2,1H3,(H,25,26). The minimum absolute atomic E-state index is 0.0394. The van der Waals surface area contributed by atoms with Crippen molar-refractivity contribution in [3.63, 3.8) is 0 Å². The molecule has 0 saturated carbocycles. The van der Waals surface area contributed by atoms with E-state index in [1.54, 1.807) is 0 Å². The van der Waals surface area contributed by atoms with E-state index in [0.29, 0.717) is 6.04 Å². The maximum absolute atomic E-state index is 11.5. The van der Waals surface area contributed by atoms with Crippen LogP contribution in [0.4, 0.5) is 5.69 Å². The molecule has 2 heterocycles. The molecule has 4 atom stereocenters. The van der Waals surface area contributed by atoms with Crippen LogP contribution in [0.5, 0.6) is 0 Å². The second-order valence-corrected chi connectivity index (χ2v) is 7.78. The van der Waals surface area contributed by atoms with Gasteiger partial charge in [-0.1, -0.05) is 43.3 Å². The van der Waals surface area contributed by atoms with Crippen LogP contribution in [0.25, 0.3) is 10.8 Å². The van der Waals surface area contributed by atoms with E-state index in [1.165, 1.54) is 16.5 Å². The average Bonchev–Trinajstić information content (AvgIpc) is 2.88. The molecule has 1 N–H and O–H groups in total. The van der Waals surface area contributed by atoms with E-state index in [2.05, 4.69) is 54.3 Å². The Morgan fingerprint density at radius 3 is 2.85 bits per heavy atom. The molecule has 2 fully saturated rings. The average molecular weight is 348 g/mol. The number of carboxylic acid groups (broad SMARTS) is 1. The summed E-state index contributed by atoms with van der Waals surface area (Å²) in [6.45, 7) is 2.20. The second-order valence-electron chi connectivity index (χ2n) is 7.78. The number of nitriles is 1. The van der Waals surface area contributed by atoms with Crippen LogP contribution in [-0.4, -0.2) is 22.7 Å². The smallest absolute Gasteiger partial charge is 0.321 e. The lowest BCUT2D eigenvalue weighted by Gasteiger charge is -2.50. The van der Waals surface area contributed by atoms with Gasteiger partial charge in [-0.2, -0.15) is 5.26 Å². The molecule has 0 spiro atoms. The predicted octanol–water partition coefficient (Wildman–Crippen LogP) is 4.59. The topological polar surface area (TPSA) is 64.3 Å². The molecule has 2 aromatic carbocycles. The molecule has 26 heavy (non-hydrogen) atoms. The number of benzene rings is 2. The highest BCUT2D eigenvalue weighted by Crippen LogP contribution is 2.53. The Hall–Kier alpha value is -2.54. The summed E-state index contributed by atoms with van der Waals surface area (Å²) >= 11 is 0. The van der Waals surface area contributed by atoms with Gasteiger partial charge in [-0.3, -0.25) is 4.79 Å². The molecular formula is C22H24N2O2. The van der Waals surface area contributed by atoms with E-state index < -0.39 is 11.9 Å². The summed E-state index contributed by atoms with van der Waals surface area (Å²) in [5.74, 6) is -1.92. The fourth-order valence-corrected chi connectivity index (χ4v) is 5.39. The molecular weight excluding hydrogens is 324 g/mol. The van der Waals surface area contributed by atoms with E-state index in [1.807, 2.05) is 6.07 Å². The number of carboxylic acids is 1. The van der Waals surface area contributed by atoms with Crippen molar-refractivity contribution in [3.05, 3.63) is 42.5 Å². The first-order chi connectivity index (χ1) is 12.6. The summed E-state index contributed by atoms with van der Waals surface area (Å²) < 4.78 is 0. The number of rotatable bonds is 4. The van der Waals surface area contributed by atoms with Crippen molar-refractivity contribution in [3.8, 4) is 6.07 Å². The lowest BCUT2D eigenvalue weighted by atomic mass is 9.74. The molecule has 2 bridgehead atoms. The van der Waals surface area contributed by atoms with E-state index in [0.717, 1.165) is 32.1 Å². The van der Waals surface area contributed by atoms with Gasteiger partial charge in [-0.15, -0.1) is 0 Å². The third-order valence-electron chi connectivity index (χ3n) is 6.60. The van der Waals surface area contributed by atoms with Gasteiger partial charge in [0.1, 0.15) is 5.92 Å². The van der Waals surface area contributed by atoms with Crippen LogP contribution >= 0.6 is 0 Å². The summed E-state index contributed by atoms with van der Waals surface area (Å²) in [5.41, 5.74) is 1.22. The summed E-state index contributed by atoms with van der Waals surface area (Å²) in [5, 5.41) is 21.3. The summed E-state index contributed by atoms with van der Waals surface area (Å²) in [6.07, 6.45) is 4.70. The van der Waals surface area contributed by atoms with Gasteiger partial charge in [0.15, 0.2) is 0 Å². The van der Waals surface area contributed by atoms with Gasteiger partial charge < -0.3 is 10.0 Å². The number of piperidine rings is 1. The van der Waals surface area contributed by atoms with Crippen molar-refractivity contribution in [1.29, 1.82) is 5.26 Å². The van der Waals surface area contributed by atoms with E-state index >= 15 is 0 Å². The number of aliphatic carboxylic acids is 1. The van der Waals surface area contributed by atoms with Crippen LogP contribution in [0.3, 0.4) is 0 Å². The van der Waals surface area contributed by atoms with Crippen LogP contribution in [0.15, 0.2) is 42.5 Å². The number of nitrogens with zero attached hydrogens (tertiary/aromatic N) is 2. The van der Waals surface area contributed by atoms with Crippen molar-refractivity contribution in [1.82, 2.24) is 0 Å². The monoisotopic (exact) mass is 348 g/mol. The Balaban J connectivity index is 1.77. The number of hydrogen-bond donors (Lipinski definition) is 1. The third-order valence-corrected chi connectivity index (χ3v) is 6.60. The molecule has 4 heteroatoms. The van der Waals surface area contributed by atoms with Gasteiger partial charge in [0.05, 0.1) is 6.07 Å². The number of carbonyl (C=O) groups is 1. The molecule has 2 saturated heterocycles. The minimum atomic E-state index is -0.971. The molecule has 2 aromatic rings. The highest BCUT2D eigenvalue weighted by atomic mass is 16.4. The molecule has 0 radical (unpaired) electrons. The number of fused-ring (bicyclic) bond motifs is 3. The maximum atomic E-state index is 11.5. The van der Waals surface area contributed by atoms with Crippen molar-refractivity contribution in [2.45, 2.75) is 50.6 Å². The molecule has 4 rings (SSSR count). The fourth-order valence-electron chi connectivity index (χ4n) is 5.39. The molecule has 2 aliphatic heterocycles. The highest BCUT2D eigenvalue weighted by molar-refractivity contribution is 5.95. The van der Waals surface area contributed by atoms with Crippen LogP contribution in [0.2, 0.25) is 0 Å². The van der Waals surface area contributed by atoms with Gasteiger partial charge in [0.25, 0.3) is 0 Å². The fraction of sp³-hybridized carbons (Fsp3) is 0.455. The molecule has 4 unspecified atom stereocenters. The first-order valence-electron chi connectivity index (χ1n) is 9.49. The van der Waals surface area contributed by atoms with Gasteiger partial charge >= 0.3 is 5.97 Å². The van der Waals surface area contributed by atoms with Crippen LogP contribution in [-0.2, 0) is 4.79 Å². The van der Waals surface area contributed by atoms with Crippen molar-refractivity contribution in [2.75, 3.05) is 4.90 Å². The largest absolute Gasteiger partial charge is 0.480 e. The first-order valence-corrected chi connectivity index (χ1v) is 9.49. The van der Waals surface area contributed by atoms with E-state index in [4.69, 9.17) is 0 Å². The molecule has 4 nitrogen and oxygen atoms in total. The Labute approximate surface area is 154 Å². The summed E-state index contributed by atoms with van der Waals surface area (Å²) in [7, 11) is 0. The van der Waals surface area contributed by atoms with E-state index in [9.17, 15) is 15.2 Å². The second kappa shape index (κ2) is 6.32. The van der Waals surface area contributed by atoms with Crippen LogP contribution < -0.4 is 4.90 Å². The zero-order valence-electron chi connectivity index (χ0n) is 15.1. The van der Waals surface area contributed by atoms with E-state index in [-0.39, 0.29) is 11.5 Å². The quantitative estimate of drug-likeness (QED) is 0.877. The van der Waals surface area contributed by atoms with Crippen LogP contribution in [0.1, 0.15) is 39.0 Å². The van der Waals surface area contributed by atoms with Gasteiger partial charge in [-0.05, 0) is 49.5 Å². The molecule has 0 aliphatic carbocycles. The lowest BCUT2D eigenvalue weighted by molar-refractivity contribution is -0.141. The zero-order valence-corrected chi connectivity index (χ0v) is 15.1.